The first-order valence-electron chi connectivity index (χ1n) is 8.61. The molecular weight excluding hydrogens is 356 g/mol. The third-order valence-electron chi connectivity index (χ3n) is 3.95. The minimum absolute atomic E-state index is 0.204. The lowest BCUT2D eigenvalue weighted by molar-refractivity contribution is -0.139. The Bertz CT molecular complexity index is 738. The van der Waals surface area contributed by atoms with Crippen LogP contribution in [-0.2, 0) is 20.7 Å². The van der Waals surface area contributed by atoms with Gasteiger partial charge in [0.25, 0.3) is 0 Å². The van der Waals surface area contributed by atoms with Crippen molar-refractivity contribution in [3.05, 3.63) is 32.7 Å². The first kappa shape index (κ1) is 20.0. The van der Waals surface area contributed by atoms with Crippen LogP contribution in [0.25, 0.3) is 0 Å². The number of urea groups is 1. The van der Waals surface area contributed by atoms with Crippen LogP contribution in [0.5, 0.6) is 0 Å². The molecule has 8 heteroatoms. The Morgan fingerprint density at radius 2 is 1.96 bits per heavy atom. The van der Waals surface area contributed by atoms with Crippen molar-refractivity contribution in [2.75, 3.05) is 13.2 Å². The predicted octanol–water partition coefficient (Wildman–Crippen LogP) is 2.68. The van der Waals surface area contributed by atoms with Gasteiger partial charge in [0.05, 0.1) is 23.9 Å². The van der Waals surface area contributed by atoms with Crippen LogP contribution in [0, 0.1) is 6.92 Å². The van der Waals surface area contributed by atoms with E-state index in [1.807, 2.05) is 13.0 Å². The van der Waals surface area contributed by atoms with Gasteiger partial charge in [0.15, 0.2) is 0 Å². The molecule has 0 saturated carbocycles. The number of carbonyl (C=O) groups is 3. The van der Waals surface area contributed by atoms with Gasteiger partial charge in [0, 0.05) is 4.88 Å². The molecule has 1 aromatic rings. The van der Waals surface area contributed by atoms with Gasteiger partial charge in [-0.05, 0) is 38.8 Å². The van der Waals surface area contributed by atoms with E-state index in [2.05, 4.69) is 17.6 Å². The molecule has 1 aliphatic rings. The topological polar surface area (TPSA) is 93.7 Å². The van der Waals surface area contributed by atoms with E-state index < -0.39 is 24.0 Å². The van der Waals surface area contributed by atoms with E-state index in [0.29, 0.717) is 4.88 Å². The number of amides is 2. The summed E-state index contributed by atoms with van der Waals surface area (Å²) in [5, 5.41) is 5.13. The summed E-state index contributed by atoms with van der Waals surface area (Å²) in [5.41, 5.74) is 1.64. The molecule has 1 atom stereocenters. The van der Waals surface area contributed by atoms with E-state index in [1.165, 1.54) is 11.3 Å². The van der Waals surface area contributed by atoms with Crippen LogP contribution in [0.3, 0.4) is 0 Å². The quantitative estimate of drug-likeness (QED) is 0.710. The number of nitrogens with one attached hydrogen (secondary N) is 2. The zero-order valence-corrected chi connectivity index (χ0v) is 16.2. The van der Waals surface area contributed by atoms with Gasteiger partial charge < -0.3 is 20.1 Å². The standard InChI is InChI=1S/C18H24N2O5S/c1-5-7-12-8-14(26-11(12)4)16(21)25-9-13-15(17(22)24-6-2)10(3)19-18(23)20-13/h8,10H,5-7,9H2,1-4H3,(H2,19,20,23)/t10-/m1/s1. The number of thiophene rings is 1. The molecule has 2 heterocycles. The van der Waals surface area contributed by atoms with Gasteiger partial charge in [-0.2, -0.15) is 0 Å². The monoisotopic (exact) mass is 380 g/mol. The van der Waals surface area contributed by atoms with E-state index >= 15 is 0 Å². The highest BCUT2D eigenvalue weighted by molar-refractivity contribution is 7.14. The summed E-state index contributed by atoms with van der Waals surface area (Å²) in [6.07, 6.45) is 1.91. The van der Waals surface area contributed by atoms with Crippen molar-refractivity contribution < 1.29 is 23.9 Å². The smallest absolute Gasteiger partial charge is 0.348 e. The van der Waals surface area contributed by atoms with Crippen molar-refractivity contribution in [2.45, 2.75) is 46.6 Å². The largest absolute Gasteiger partial charge is 0.463 e. The van der Waals surface area contributed by atoms with Crippen molar-refractivity contribution in [2.24, 2.45) is 0 Å². The van der Waals surface area contributed by atoms with E-state index in [4.69, 9.17) is 9.47 Å². The van der Waals surface area contributed by atoms with E-state index in [1.54, 1.807) is 13.8 Å². The fourth-order valence-corrected chi connectivity index (χ4v) is 3.71. The molecule has 0 aliphatic carbocycles. The average molecular weight is 380 g/mol. The van der Waals surface area contributed by atoms with Crippen molar-refractivity contribution in [3.63, 3.8) is 0 Å². The van der Waals surface area contributed by atoms with Crippen molar-refractivity contribution in [3.8, 4) is 0 Å². The molecule has 2 amide bonds. The first-order valence-corrected chi connectivity index (χ1v) is 9.43. The molecule has 26 heavy (non-hydrogen) atoms. The molecule has 0 unspecified atom stereocenters. The van der Waals surface area contributed by atoms with E-state index in [0.717, 1.165) is 23.3 Å². The summed E-state index contributed by atoms with van der Waals surface area (Å²) >= 11 is 1.38. The zero-order valence-electron chi connectivity index (χ0n) is 15.4. The van der Waals surface area contributed by atoms with Gasteiger partial charge in [0.1, 0.15) is 11.5 Å². The maximum Gasteiger partial charge on any atom is 0.348 e. The molecule has 2 rings (SSSR count). The normalized spacial score (nSPS) is 16.8. The Hall–Kier alpha value is -2.35. The molecule has 0 radical (unpaired) electrons. The van der Waals surface area contributed by atoms with Gasteiger partial charge in [0.2, 0.25) is 0 Å². The average Bonchev–Trinajstić information content (AvgIpc) is 2.93. The van der Waals surface area contributed by atoms with E-state index in [-0.39, 0.29) is 24.5 Å². The van der Waals surface area contributed by atoms with Crippen molar-refractivity contribution in [1.29, 1.82) is 0 Å². The van der Waals surface area contributed by atoms with Gasteiger partial charge >= 0.3 is 18.0 Å². The van der Waals surface area contributed by atoms with Crippen molar-refractivity contribution in [1.82, 2.24) is 10.6 Å². The Morgan fingerprint density at radius 3 is 2.62 bits per heavy atom. The zero-order chi connectivity index (χ0) is 19.3. The first-order chi connectivity index (χ1) is 12.4. The van der Waals surface area contributed by atoms with Gasteiger partial charge in [-0.3, -0.25) is 0 Å². The summed E-state index contributed by atoms with van der Waals surface area (Å²) in [4.78, 5) is 37.8. The lowest BCUT2D eigenvalue weighted by atomic mass is 10.0. The number of rotatable bonds is 7. The van der Waals surface area contributed by atoms with Crippen LogP contribution < -0.4 is 10.6 Å². The number of aryl methyl sites for hydroxylation is 2. The number of hydrogen-bond donors (Lipinski definition) is 2. The molecule has 0 aromatic carbocycles. The van der Waals surface area contributed by atoms with Gasteiger partial charge in [-0.15, -0.1) is 11.3 Å². The minimum Gasteiger partial charge on any atom is -0.463 e. The van der Waals surface area contributed by atoms with Crippen molar-refractivity contribution >= 4 is 29.3 Å². The lowest BCUT2D eigenvalue weighted by Crippen LogP contribution is -2.50. The van der Waals surface area contributed by atoms with Crippen LogP contribution in [0.15, 0.2) is 17.3 Å². The Morgan fingerprint density at radius 1 is 1.23 bits per heavy atom. The predicted molar refractivity (Wildman–Crippen MR) is 98.1 cm³/mol. The van der Waals surface area contributed by atoms with Gasteiger partial charge in [-0.25, -0.2) is 14.4 Å². The van der Waals surface area contributed by atoms with Crippen LogP contribution in [0.4, 0.5) is 4.79 Å². The van der Waals surface area contributed by atoms with Crippen LogP contribution in [-0.4, -0.2) is 37.2 Å². The van der Waals surface area contributed by atoms with E-state index in [9.17, 15) is 14.4 Å². The maximum atomic E-state index is 12.3. The summed E-state index contributed by atoms with van der Waals surface area (Å²) < 4.78 is 10.4. The minimum atomic E-state index is -0.546. The second-order valence-electron chi connectivity index (χ2n) is 5.95. The highest BCUT2D eigenvalue weighted by Gasteiger charge is 2.30. The summed E-state index contributed by atoms with van der Waals surface area (Å²) in [6, 6.07) is 0.862. The lowest BCUT2D eigenvalue weighted by Gasteiger charge is -2.26. The Kier molecular flexibility index (Phi) is 6.79. The summed E-state index contributed by atoms with van der Waals surface area (Å²) in [7, 11) is 0. The number of ether oxygens (including phenoxy) is 2. The van der Waals surface area contributed by atoms with Gasteiger partial charge in [-0.1, -0.05) is 13.3 Å². The maximum absolute atomic E-state index is 12.3. The third kappa shape index (κ3) is 4.63. The molecule has 7 nitrogen and oxygen atoms in total. The molecule has 1 aliphatic heterocycles. The highest BCUT2D eigenvalue weighted by atomic mass is 32.1. The molecule has 2 N–H and O–H groups in total. The number of esters is 2. The molecule has 0 spiro atoms. The fraction of sp³-hybridized carbons (Fsp3) is 0.500. The highest BCUT2D eigenvalue weighted by Crippen LogP contribution is 2.24. The van der Waals surface area contributed by atoms with Crippen LogP contribution in [0.1, 0.15) is 47.3 Å². The van der Waals surface area contributed by atoms with Crippen LogP contribution in [0.2, 0.25) is 0 Å². The summed E-state index contributed by atoms with van der Waals surface area (Å²) in [5.74, 6) is -1.02. The number of carbonyl (C=O) groups excluding carboxylic acids is 3. The molecule has 1 aromatic heterocycles. The summed E-state index contributed by atoms with van der Waals surface area (Å²) in [6.45, 7) is 7.44. The van der Waals surface area contributed by atoms with Crippen LogP contribution >= 0.6 is 11.3 Å². The molecular formula is C18H24N2O5S. The molecule has 142 valence electrons. The second-order valence-corrected chi connectivity index (χ2v) is 7.21. The third-order valence-corrected chi connectivity index (χ3v) is 5.03. The molecule has 0 bridgehead atoms. The Labute approximate surface area is 156 Å². The molecule has 0 saturated heterocycles. The second kappa shape index (κ2) is 8.84. The molecule has 0 fully saturated rings. The Balaban J connectivity index is 2.14. The SMILES string of the molecule is CCCc1cc(C(=O)OCC2=C(C(=O)OCC)[C@@H](C)NC(=O)N2)sc1C. The fourth-order valence-electron chi connectivity index (χ4n) is 2.74. The number of hydrogen-bond acceptors (Lipinski definition) is 6.